The fourth-order valence-corrected chi connectivity index (χ4v) is 3.07. The smallest absolute Gasteiger partial charge is 0.137 e. The maximum atomic E-state index is 13.2. The van der Waals surface area contributed by atoms with E-state index in [1.165, 1.54) is 18.4 Å². The Morgan fingerprint density at radius 1 is 1.35 bits per heavy atom. The van der Waals surface area contributed by atoms with E-state index in [4.69, 9.17) is 0 Å². The average molecular weight is 343 g/mol. The van der Waals surface area contributed by atoms with Crippen LogP contribution in [0.15, 0.2) is 22.7 Å². The van der Waals surface area contributed by atoms with Crippen LogP contribution in [-0.2, 0) is 6.54 Å². The molecular weight excluding hydrogens is 319 g/mol. The number of hydrogen-bond donors (Lipinski definition) is 1. The normalized spacial score (nSPS) is 17.9. The fourth-order valence-electron chi connectivity index (χ4n) is 2.65. The summed E-state index contributed by atoms with van der Waals surface area (Å²) in [7, 11) is 0. The van der Waals surface area contributed by atoms with Crippen LogP contribution in [0.4, 0.5) is 4.39 Å². The number of hydrogen-bond acceptors (Lipinski definition) is 2. The van der Waals surface area contributed by atoms with Crippen molar-refractivity contribution in [1.29, 1.82) is 0 Å². The zero-order valence-electron chi connectivity index (χ0n) is 12.3. The molecule has 20 heavy (non-hydrogen) atoms. The first-order valence-electron chi connectivity index (χ1n) is 7.44. The Kier molecular flexibility index (Phi) is 6.00. The summed E-state index contributed by atoms with van der Waals surface area (Å²) in [6.45, 7) is 8.72. The second-order valence-corrected chi connectivity index (χ2v) is 6.89. The van der Waals surface area contributed by atoms with Crippen molar-refractivity contribution in [2.75, 3.05) is 19.6 Å². The van der Waals surface area contributed by atoms with E-state index in [9.17, 15) is 4.39 Å². The Bertz CT molecular complexity index is 428. The lowest BCUT2D eigenvalue weighted by Gasteiger charge is -2.32. The summed E-state index contributed by atoms with van der Waals surface area (Å²) in [5.41, 5.74) is 1.18. The number of nitrogens with zero attached hydrogens (tertiary/aromatic N) is 1. The Morgan fingerprint density at radius 3 is 2.65 bits per heavy atom. The standard InChI is InChI=1S/C16H24BrFN2/c1-12(2)19-10-13-5-7-20(8-6-13)11-14-3-4-16(18)15(17)9-14/h3-4,9,12-13,19H,5-8,10-11H2,1-2H3. The summed E-state index contributed by atoms with van der Waals surface area (Å²) in [6, 6.07) is 5.89. The molecule has 1 aromatic carbocycles. The minimum atomic E-state index is -0.188. The molecule has 0 radical (unpaired) electrons. The lowest BCUT2D eigenvalue weighted by atomic mass is 9.96. The van der Waals surface area contributed by atoms with Crippen LogP contribution in [0.3, 0.4) is 0 Å². The first-order valence-corrected chi connectivity index (χ1v) is 8.23. The predicted molar refractivity (Wildman–Crippen MR) is 85.2 cm³/mol. The average Bonchev–Trinajstić information content (AvgIpc) is 2.42. The molecule has 0 saturated carbocycles. The molecule has 1 aromatic rings. The van der Waals surface area contributed by atoms with E-state index in [1.54, 1.807) is 6.07 Å². The van der Waals surface area contributed by atoms with Gasteiger partial charge in [-0.05, 0) is 72.0 Å². The van der Waals surface area contributed by atoms with E-state index in [1.807, 2.05) is 12.1 Å². The molecule has 0 aliphatic carbocycles. The number of piperidine rings is 1. The molecule has 1 fully saturated rings. The van der Waals surface area contributed by atoms with Crippen LogP contribution in [0.5, 0.6) is 0 Å². The van der Waals surface area contributed by atoms with Gasteiger partial charge in [0.1, 0.15) is 5.82 Å². The Hall–Kier alpha value is -0.450. The highest BCUT2D eigenvalue weighted by Crippen LogP contribution is 2.21. The highest BCUT2D eigenvalue weighted by atomic mass is 79.9. The molecule has 112 valence electrons. The number of likely N-dealkylation sites (tertiary alicyclic amines) is 1. The summed E-state index contributed by atoms with van der Waals surface area (Å²) in [5.74, 6) is 0.612. The third-order valence-electron chi connectivity index (χ3n) is 3.91. The first-order chi connectivity index (χ1) is 9.54. The molecule has 1 aliphatic heterocycles. The van der Waals surface area contributed by atoms with Gasteiger partial charge in [-0.2, -0.15) is 0 Å². The van der Waals surface area contributed by atoms with Crippen molar-refractivity contribution in [1.82, 2.24) is 10.2 Å². The lowest BCUT2D eigenvalue weighted by molar-refractivity contribution is 0.174. The van der Waals surface area contributed by atoms with E-state index < -0.39 is 0 Å². The van der Waals surface area contributed by atoms with Gasteiger partial charge in [0.05, 0.1) is 4.47 Å². The molecule has 1 heterocycles. The molecule has 4 heteroatoms. The first kappa shape index (κ1) is 15.9. The van der Waals surface area contributed by atoms with Crippen molar-refractivity contribution in [2.45, 2.75) is 39.3 Å². The topological polar surface area (TPSA) is 15.3 Å². The van der Waals surface area contributed by atoms with Crippen molar-refractivity contribution in [3.05, 3.63) is 34.1 Å². The molecule has 2 rings (SSSR count). The zero-order chi connectivity index (χ0) is 14.5. The third-order valence-corrected chi connectivity index (χ3v) is 4.52. The summed E-state index contributed by atoms with van der Waals surface area (Å²) in [4.78, 5) is 2.46. The quantitative estimate of drug-likeness (QED) is 0.875. The largest absolute Gasteiger partial charge is 0.314 e. The van der Waals surface area contributed by atoms with Crippen LogP contribution in [-0.4, -0.2) is 30.6 Å². The van der Waals surface area contributed by atoms with Crippen LogP contribution >= 0.6 is 15.9 Å². The number of halogens is 2. The molecule has 0 aromatic heterocycles. The van der Waals surface area contributed by atoms with Crippen molar-refractivity contribution < 1.29 is 4.39 Å². The summed E-state index contributed by atoms with van der Waals surface area (Å²) in [5, 5.41) is 3.53. The Morgan fingerprint density at radius 2 is 2.05 bits per heavy atom. The van der Waals surface area contributed by atoms with Crippen molar-refractivity contribution in [2.24, 2.45) is 5.92 Å². The van der Waals surface area contributed by atoms with Crippen molar-refractivity contribution in [3.63, 3.8) is 0 Å². The molecule has 2 nitrogen and oxygen atoms in total. The van der Waals surface area contributed by atoms with Gasteiger partial charge in [0.15, 0.2) is 0 Å². The van der Waals surface area contributed by atoms with Gasteiger partial charge in [-0.25, -0.2) is 4.39 Å². The van der Waals surface area contributed by atoms with Crippen LogP contribution in [0, 0.1) is 11.7 Å². The molecule has 1 N–H and O–H groups in total. The Balaban J connectivity index is 1.77. The lowest BCUT2D eigenvalue weighted by Crippen LogP contribution is -2.38. The predicted octanol–water partition coefficient (Wildman–Crippen LogP) is 3.80. The maximum absolute atomic E-state index is 13.2. The number of nitrogens with one attached hydrogen (secondary N) is 1. The van der Waals surface area contributed by atoms with Gasteiger partial charge < -0.3 is 5.32 Å². The van der Waals surface area contributed by atoms with Gasteiger partial charge in [-0.3, -0.25) is 4.90 Å². The molecular formula is C16H24BrFN2. The minimum Gasteiger partial charge on any atom is -0.314 e. The molecule has 0 atom stereocenters. The van der Waals surface area contributed by atoms with E-state index in [0.717, 1.165) is 32.1 Å². The van der Waals surface area contributed by atoms with Crippen LogP contribution in [0.1, 0.15) is 32.3 Å². The van der Waals surface area contributed by atoms with Gasteiger partial charge in [-0.15, -0.1) is 0 Å². The monoisotopic (exact) mass is 342 g/mol. The van der Waals surface area contributed by atoms with Crippen LogP contribution < -0.4 is 5.32 Å². The summed E-state index contributed by atoms with van der Waals surface area (Å²) < 4.78 is 13.8. The van der Waals surface area contributed by atoms with E-state index in [-0.39, 0.29) is 5.82 Å². The van der Waals surface area contributed by atoms with E-state index >= 15 is 0 Å². The van der Waals surface area contributed by atoms with Gasteiger partial charge >= 0.3 is 0 Å². The van der Waals surface area contributed by atoms with Gasteiger partial charge in [0.25, 0.3) is 0 Å². The Labute approximate surface area is 129 Å². The second-order valence-electron chi connectivity index (χ2n) is 6.03. The zero-order valence-corrected chi connectivity index (χ0v) is 13.9. The highest BCUT2D eigenvalue weighted by molar-refractivity contribution is 9.10. The van der Waals surface area contributed by atoms with Crippen molar-refractivity contribution in [3.8, 4) is 0 Å². The number of rotatable bonds is 5. The molecule has 0 unspecified atom stereocenters. The second kappa shape index (κ2) is 7.53. The molecule has 1 aliphatic rings. The van der Waals surface area contributed by atoms with E-state index in [2.05, 4.69) is 40.0 Å². The van der Waals surface area contributed by atoms with Gasteiger partial charge in [0, 0.05) is 12.6 Å². The molecule has 0 spiro atoms. The van der Waals surface area contributed by atoms with Gasteiger partial charge in [-0.1, -0.05) is 19.9 Å². The van der Waals surface area contributed by atoms with Gasteiger partial charge in [0.2, 0.25) is 0 Å². The summed E-state index contributed by atoms with van der Waals surface area (Å²) in [6.07, 6.45) is 2.50. The van der Waals surface area contributed by atoms with Crippen LogP contribution in [0.2, 0.25) is 0 Å². The fraction of sp³-hybridized carbons (Fsp3) is 0.625. The van der Waals surface area contributed by atoms with Crippen molar-refractivity contribution >= 4 is 15.9 Å². The molecule has 0 bridgehead atoms. The minimum absolute atomic E-state index is 0.188. The number of benzene rings is 1. The van der Waals surface area contributed by atoms with E-state index in [0.29, 0.717) is 10.5 Å². The molecule has 0 amide bonds. The highest BCUT2D eigenvalue weighted by Gasteiger charge is 2.19. The summed E-state index contributed by atoms with van der Waals surface area (Å²) >= 11 is 3.25. The SMILES string of the molecule is CC(C)NCC1CCN(Cc2ccc(F)c(Br)c2)CC1. The molecule has 1 saturated heterocycles. The maximum Gasteiger partial charge on any atom is 0.137 e. The van der Waals surface area contributed by atoms with Crippen LogP contribution in [0.25, 0.3) is 0 Å². The third kappa shape index (κ3) is 4.83.